The first-order valence-corrected chi connectivity index (χ1v) is 10.7. The van der Waals surface area contributed by atoms with E-state index in [1.54, 1.807) is 0 Å². The van der Waals surface area contributed by atoms with E-state index in [0.29, 0.717) is 11.1 Å². The van der Waals surface area contributed by atoms with Crippen LogP contribution < -0.4 is 0 Å². The van der Waals surface area contributed by atoms with Gasteiger partial charge in [-0.25, -0.2) is 9.59 Å². The van der Waals surface area contributed by atoms with Crippen LogP contribution in [0.1, 0.15) is 122 Å². The standard InChI is InChI=1S/C26H34O4/c1-13(2)19-9-17(10-20(14(3)4)23(19)25(27)28)18-11-21(15(5)6)24(26(29)30)22(12-18)16(7)8/h9-16H,1-8H3,(H,27,28)(H,29,30). The lowest BCUT2D eigenvalue weighted by Gasteiger charge is -2.22. The molecular weight excluding hydrogens is 376 g/mol. The van der Waals surface area contributed by atoms with Crippen LogP contribution in [0, 0.1) is 0 Å². The minimum absolute atomic E-state index is 0.0565. The Kier molecular flexibility index (Phi) is 7.12. The van der Waals surface area contributed by atoms with E-state index in [0.717, 1.165) is 33.4 Å². The van der Waals surface area contributed by atoms with Crippen LogP contribution in [0.15, 0.2) is 24.3 Å². The van der Waals surface area contributed by atoms with Crippen molar-refractivity contribution in [2.24, 2.45) is 0 Å². The number of carboxylic acids is 2. The molecular formula is C26H34O4. The third-order valence-corrected chi connectivity index (χ3v) is 5.65. The Labute approximate surface area is 180 Å². The second kappa shape index (κ2) is 9.03. The second-order valence-electron chi connectivity index (χ2n) is 9.29. The summed E-state index contributed by atoms with van der Waals surface area (Å²) in [5, 5.41) is 19.7. The van der Waals surface area contributed by atoms with Crippen molar-refractivity contribution in [3.8, 4) is 11.1 Å². The first-order valence-electron chi connectivity index (χ1n) is 10.7. The van der Waals surface area contributed by atoms with Crippen LogP contribution in [-0.4, -0.2) is 22.2 Å². The van der Waals surface area contributed by atoms with Gasteiger partial charge in [0, 0.05) is 0 Å². The molecule has 0 atom stereocenters. The maximum absolute atomic E-state index is 12.0. The van der Waals surface area contributed by atoms with E-state index in [4.69, 9.17) is 0 Å². The highest BCUT2D eigenvalue weighted by atomic mass is 16.4. The minimum atomic E-state index is -0.902. The van der Waals surface area contributed by atoms with Crippen LogP contribution in [0.3, 0.4) is 0 Å². The normalized spacial score (nSPS) is 11.7. The van der Waals surface area contributed by atoms with E-state index < -0.39 is 11.9 Å². The van der Waals surface area contributed by atoms with Gasteiger partial charge in [0.25, 0.3) is 0 Å². The molecule has 0 unspecified atom stereocenters. The fourth-order valence-corrected chi connectivity index (χ4v) is 4.02. The zero-order chi connectivity index (χ0) is 22.9. The third kappa shape index (κ3) is 4.58. The summed E-state index contributed by atoms with van der Waals surface area (Å²) in [7, 11) is 0. The first kappa shape index (κ1) is 23.7. The molecule has 30 heavy (non-hydrogen) atoms. The van der Waals surface area contributed by atoms with Gasteiger partial charge in [-0.2, -0.15) is 0 Å². The molecule has 0 amide bonds. The van der Waals surface area contributed by atoms with Gasteiger partial charge in [0.05, 0.1) is 11.1 Å². The van der Waals surface area contributed by atoms with Gasteiger partial charge in [0.1, 0.15) is 0 Å². The fourth-order valence-electron chi connectivity index (χ4n) is 4.02. The number of rotatable bonds is 7. The van der Waals surface area contributed by atoms with Crippen LogP contribution in [0.2, 0.25) is 0 Å². The molecule has 0 saturated heterocycles. The Morgan fingerprint density at radius 2 is 0.733 bits per heavy atom. The smallest absolute Gasteiger partial charge is 0.336 e. The minimum Gasteiger partial charge on any atom is -0.478 e. The average molecular weight is 411 g/mol. The molecule has 0 bridgehead atoms. The van der Waals surface area contributed by atoms with Gasteiger partial charge in [0.15, 0.2) is 0 Å². The van der Waals surface area contributed by atoms with Gasteiger partial charge in [-0.3, -0.25) is 0 Å². The molecule has 0 aliphatic heterocycles. The molecule has 162 valence electrons. The maximum atomic E-state index is 12.0. The van der Waals surface area contributed by atoms with Gasteiger partial charge in [-0.1, -0.05) is 79.7 Å². The molecule has 4 heteroatoms. The van der Waals surface area contributed by atoms with Crippen molar-refractivity contribution in [2.75, 3.05) is 0 Å². The highest BCUT2D eigenvalue weighted by Gasteiger charge is 2.24. The number of hydrogen-bond acceptors (Lipinski definition) is 2. The molecule has 0 spiro atoms. The summed E-state index contributed by atoms with van der Waals surface area (Å²) in [6.45, 7) is 16.0. The number of hydrogen-bond donors (Lipinski definition) is 2. The molecule has 2 aromatic rings. The fraction of sp³-hybridized carbons (Fsp3) is 0.462. The summed E-state index contributed by atoms with van der Waals surface area (Å²) in [6, 6.07) is 7.85. The highest BCUT2D eigenvalue weighted by molar-refractivity contribution is 5.94. The van der Waals surface area contributed by atoms with Crippen molar-refractivity contribution in [3.63, 3.8) is 0 Å². The van der Waals surface area contributed by atoms with Crippen molar-refractivity contribution >= 4 is 11.9 Å². The topological polar surface area (TPSA) is 74.6 Å². The predicted molar refractivity (Wildman–Crippen MR) is 122 cm³/mol. The van der Waals surface area contributed by atoms with E-state index in [1.165, 1.54) is 0 Å². The average Bonchev–Trinajstić information content (AvgIpc) is 2.65. The van der Waals surface area contributed by atoms with Crippen molar-refractivity contribution in [1.29, 1.82) is 0 Å². The maximum Gasteiger partial charge on any atom is 0.336 e. The molecule has 0 saturated carbocycles. The summed E-state index contributed by atoms with van der Waals surface area (Å²) in [6.07, 6.45) is 0. The van der Waals surface area contributed by atoms with E-state index in [2.05, 4.69) is 0 Å². The van der Waals surface area contributed by atoms with E-state index in [9.17, 15) is 19.8 Å². The van der Waals surface area contributed by atoms with Crippen molar-refractivity contribution in [2.45, 2.75) is 79.1 Å². The van der Waals surface area contributed by atoms with Crippen molar-refractivity contribution < 1.29 is 19.8 Å². The number of carboxylic acid groups (broad SMARTS) is 2. The van der Waals surface area contributed by atoms with Crippen molar-refractivity contribution in [3.05, 3.63) is 57.6 Å². The lowest BCUT2D eigenvalue weighted by Crippen LogP contribution is -2.12. The van der Waals surface area contributed by atoms with E-state index in [1.807, 2.05) is 79.7 Å². The summed E-state index contributed by atoms with van der Waals surface area (Å²) >= 11 is 0. The van der Waals surface area contributed by atoms with Crippen LogP contribution in [0.5, 0.6) is 0 Å². The largest absolute Gasteiger partial charge is 0.478 e. The van der Waals surface area contributed by atoms with Gasteiger partial charge in [-0.05, 0) is 57.1 Å². The van der Waals surface area contributed by atoms with Gasteiger partial charge in [0.2, 0.25) is 0 Å². The van der Waals surface area contributed by atoms with Crippen LogP contribution in [0.4, 0.5) is 0 Å². The zero-order valence-corrected chi connectivity index (χ0v) is 19.3. The number of carbonyl (C=O) groups is 2. The molecule has 0 aliphatic carbocycles. The quantitative estimate of drug-likeness (QED) is 0.504. The molecule has 0 aliphatic rings. The lowest BCUT2D eigenvalue weighted by atomic mass is 9.82. The molecule has 0 radical (unpaired) electrons. The molecule has 2 rings (SSSR count). The zero-order valence-electron chi connectivity index (χ0n) is 19.3. The molecule has 4 nitrogen and oxygen atoms in total. The van der Waals surface area contributed by atoms with Crippen LogP contribution in [-0.2, 0) is 0 Å². The van der Waals surface area contributed by atoms with Crippen LogP contribution in [0.25, 0.3) is 11.1 Å². The number of benzene rings is 2. The predicted octanol–water partition coefficient (Wildman–Crippen LogP) is 7.24. The third-order valence-electron chi connectivity index (χ3n) is 5.65. The summed E-state index contributed by atoms with van der Waals surface area (Å²) in [4.78, 5) is 24.1. The summed E-state index contributed by atoms with van der Waals surface area (Å²) in [5.41, 5.74) is 5.89. The second-order valence-corrected chi connectivity index (χ2v) is 9.29. The lowest BCUT2D eigenvalue weighted by molar-refractivity contribution is 0.0682. The Balaban J connectivity index is 2.93. The Bertz CT molecular complexity index is 827. The Hall–Kier alpha value is -2.62. The Morgan fingerprint density at radius 3 is 0.867 bits per heavy atom. The van der Waals surface area contributed by atoms with Crippen LogP contribution >= 0.6 is 0 Å². The van der Waals surface area contributed by atoms with E-state index >= 15 is 0 Å². The SMILES string of the molecule is CC(C)c1cc(-c2cc(C(C)C)c(C(=O)O)c(C(C)C)c2)cc(C(C)C)c1C(=O)O. The van der Waals surface area contributed by atoms with Gasteiger partial charge >= 0.3 is 11.9 Å². The molecule has 0 heterocycles. The number of aromatic carboxylic acids is 2. The van der Waals surface area contributed by atoms with Gasteiger partial charge < -0.3 is 10.2 Å². The first-order chi connectivity index (χ1) is 13.9. The highest BCUT2D eigenvalue weighted by Crippen LogP contribution is 2.37. The van der Waals surface area contributed by atoms with E-state index in [-0.39, 0.29) is 23.7 Å². The summed E-state index contributed by atoms with van der Waals surface area (Å²) < 4.78 is 0. The summed E-state index contributed by atoms with van der Waals surface area (Å²) in [5.74, 6) is -1.58. The van der Waals surface area contributed by atoms with Crippen molar-refractivity contribution in [1.82, 2.24) is 0 Å². The Morgan fingerprint density at radius 1 is 0.533 bits per heavy atom. The molecule has 2 aromatic carbocycles. The monoisotopic (exact) mass is 410 g/mol. The molecule has 0 fully saturated rings. The molecule has 0 aromatic heterocycles. The molecule has 2 N–H and O–H groups in total. The van der Waals surface area contributed by atoms with Gasteiger partial charge in [-0.15, -0.1) is 0 Å².